The zero-order valence-electron chi connectivity index (χ0n) is 19.4. The number of rotatable bonds is 4. The molecule has 0 aromatic carbocycles. The molecule has 4 rings (SSSR count). The van der Waals surface area contributed by atoms with E-state index in [1.165, 1.54) is 13.2 Å². The molecule has 2 aliphatic heterocycles. The predicted octanol–water partition coefficient (Wildman–Crippen LogP) is 1.80. The fourth-order valence-electron chi connectivity index (χ4n) is 4.84. The van der Waals surface area contributed by atoms with E-state index in [1.54, 1.807) is 18.7 Å². The zero-order valence-corrected chi connectivity index (χ0v) is 20.1. The van der Waals surface area contributed by atoms with Crippen LogP contribution in [0.1, 0.15) is 25.5 Å². The second-order valence-corrected chi connectivity index (χ2v) is 9.01. The Morgan fingerprint density at radius 3 is 2.70 bits per heavy atom. The number of nitrogens with two attached hydrogens (primary N) is 1. The molecule has 33 heavy (non-hydrogen) atoms. The second-order valence-electron chi connectivity index (χ2n) is 8.63. The second kappa shape index (κ2) is 8.92. The normalized spacial score (nSPS) is 23.8. The summed E-state index contributed by atoms with van der Waals surface area (Å²) in [5, 5.41) is 7.74. The number of piperidine rings is 1. The van der Waals surface area contributed by atoms with Crippen LogP contribution in [0.25, 0.3) is 16.6 Å². The highest BCUT2D eigenvalue weighted by Gasteiger charge is 2.47. The Hall–Kier alpha value is -2.69. The van der Waals surface area contributed by atoms with Crippen molar-refractivity contribution in [3.8, 4) is 0 Å². The number of methoxy groups -OCH3 is 1. The molecule has 2 fully saturated rings. The van der Waals surface area contributed by atoms with Gasteiger partial charge in [0.05, 0.1) is 19.8 Å². The van der Waals surface area contributed by atoms with Crippen LogP contribution < -0.4 is 16.2 Å². The van der Waals surface area contributed by atoms with Crippen LogP contribution >= 0.6 is 11.6 Å². The van der Waals surface area contributed by atoms with Crippen molar-refractivity contribution in [3.63, 3.8) is 0 Å². The fourth-order valence-corrected chi connectivity index (χ4v) is 5.17. The molecule has 0 aliphatic carbocycles. The molecule has 2 aromatic rings. The first-order valence-corrected chi connectivity index (χ1v) is 11.3. The van der Waals surface area contributed by atoms with Crippen LogP contribution in [0.15, 0.2) is 27.5 Å². The van der Waals surface area contributed by atoms with Crippen LogP contribution in [0.4, 0.5) is 5.95 Å². The number of nitrogens with zero attached hydrogens (tertiary/aromatic N) is 5. The van der Waals surface area contributed by atoms with Crippen molar-refractivity contribution in [2.75, 3.05) is 38.8 Å². The summed E-state index contributed by atoms with van der Waals surface area (Å²) in [5.74, 6) is 0.802. The van der Waals surface area contributed by atoms with Crippen LogP contribution in [0.5, 0.6) is 0 Å². The van der Waals surface area contributed by atoms with E-state index >= 15 is 0 Å². The minimum atomic E-state index is -0.232. The molecule has 0 saturated carbocycles. The Kier molecular flexibility index (Phi) is 6.35. The van der Waals surface area contributed by atoms with Gasteiger partial charge in [-0.2, -0.15) is 10.1 Å². The zero-order chi connectivity index (χ0) is 23.9. The van der Waals surface area contributed by atoms with Gasteiger partial charge >= 0.3 is 0 Å². The number of allylic oxidation sites excluding steroid dienone is 2. The van der Waals surface area contributed by atoms with Crippen molar-refractivity contribution in [1.82, 2.24) is 19.7 Å². The number of H-pyrrole nitrogens is 1. The molecule has 1 spiro atoms. The van der Waals surface area contributed by atoms with Gasteiger partial charge in [0, 0.05) is 44.2 Å². The number of aromatic nitrogens is 4. The van der Waals surface area contributed by atoms with Crippen LogP contribution in [-0.4, -0.2) is 71.6 Å². The van der Waals surface area contributed by atoms with E-state index in [9.17, 15) is 4.79 Å². The maximum absolute atomic E-state index is 13.4. The maximum Gasteiger partial charge on any atom is 0.266 e. The minimum absolute atomic E-state index is 0.0136. The number of hydrogen-bond acceptors (Lipinski definition) is 8. The van der Waals surface area contributed by atoms with Gasteiger partial charge in [-0.05, 0) is 19.8 Å². The molecule has 3 N–H and O–H groups in total. The summed E-state index contributed by atoms with van der Waals surface area (Å²) in [6.07, 6.45) is 3.35. The Morgan fingerprint density at radius 2 is 2.15 bits per heavy atom. The van der Waals surface area contributed by atoms with Crippen molar-refractivity contribution in [2.45, 2.75) is 31.9 Å². The van der Waals surface area contributed by atoms with Gasteiger partial charge in [-0.25, -0.2) is 0 Å². The topological polar surface area (TPSA) is 124 Å². The van der Waals surface area contributed by atoms with E-state index in [2.05, 4.69) is 26.7 Å². The van der Waals surface area contributed by atoms with Crippen molar-refractivity contribution >= 4 is 40.1 Å². The van der Waals surface area contributed by atoms with E-state index < -0.39 is 0 Å². The summed E-state index contributed by atoms with van der Waals surface area (Å²) >= 11 is 6.47. The SMILES string of the molecule is C=C/C(=C(Cl)\C(=N/C)OC)c1n[nH]c2nc(N3CCC4(CC3)CO[C@@H](C)[C@H]4N)n(C)c(=O)c12. The van der Waals surface area contributed by atoms with Crippen LogP contribution in [-0.2, 0) is 16.5 Å². The standard InChI is InChI=1S/C22H30ClN7O3/c1-6-13(15(23)19(25-3)32-5)16-14-18(28-27-16)26-21(29(4)20(14)31)30-9-7-22(8-10-30)11-33-12(2)17(22)24/h6,12,17H,1,7-11,24H2,2-5H3,(H,27,28)/b15-13-,25-19+/t12-,17+/m0/s1. The summed E-state index contributed by atoms with van der Waals surface area (Å²) in [7, 11) is 4.74. The number of nitrogens with one attached hydrogen (secondary N) is 1. The molecule has 2 aliphatic rings. The largest absolute Gasteiger partial charge is 0.480 e. The lowest BCUT2D eigenvalue weighted by Gasteiger charge is -2.41. The van der Waals surface area contributed by atoms with E-state index in [1.807, 2.05) is 6.92 Å². The number of halogens is 1. The number of ether oxygens (including phenoxy) is 2. The molecule has 2 saturated heterocycles. The molecule has 2 atom stereocenters. The molecular weight excluding hydrogens is 446 g/mol. The first-order chi connectivity index (χ1) is 15.8. The number of fused-ring (bicyclic) bond motifs is 1. The van der Waals surface area contributed by atoms with E-state index in [0.717, 1.165) is 25.9 Å². The predicted molar refractivity (Wildman–Crippen MR) is 130 cm³/mol. The Bertz CT molecular complexity index is 1190. The monoisotopic (exact) mass is 475 g/mol. The summed E-state index contributed by atoms with van der Waals surface area (Å²) in [5.41, 5.74) is 7.36. The van der Waals surface area contributed by atoms with Gasteiger partial charge in [0.25, 0.3) is 5.56 Å². The van der Waals surface area contributed by atoms with E-state index in [-0.39, 0.29) is 34.1 Å². The molecule has 0 bridgehead atoms. The average Bonchev–Trinajstić information content (AvgIpc) is 3.35. The number of hydrogen-bond donors (Lipinski definition) is 2. The maximum atomic E-state index is 13.4. The highest BCUT2D eigenvalue weighted by Crippen LogP contribution is 2.41. The van der Waals surface area contributed by atoms with Gasteiger partial charge in [-0.15, -0.1) is 0 Å². The van der Waals surface area contributed by atoms with E-state index in [4.69, 9.17) is 31.8 Å². The quantitative estimate of drug-likeness (QED) is 0.392. The third-order valence-corrected chi connectivity index (χ3v) is 7.31. The Morgan fingerprint density at radius 1 is 1.45 bits per heavy atom. The molecule has 0 amide bonds. The lowest BCUT2D eigenvalue weighted by Crippen LogP contribution is -2.51. The summed E-state index contributed by atoms with van der Waals surface area (Å²) in [6, 6.07) is 0.0200. The van der Waals surface area contributed by atoms with Crippen molar-refractivity contribution < 1.29 is 9.47 Å². The number of aromatic amines is 1. The van der Waals surface area contributed by atoms with Gasteiger partial charge in [0.1, 0.15) is 16.1 Å². The molecular formula is C22H30ClN7O3. The van der Waals surface area contributed by atoms with Gasteiger partial charge in [-0.1, -0.05) is 24.3 Å². The third kappa shape index (κ3) is 3.75. The average molecular weight is 476 g/mol. The number of aliphatic imine (C=N–C) groups is 1. The van der Waals surface area contributed by atoms with Crippen molar-refractivity contribution in [3.05, 3.63) is 33.7 Å². The van der Waals surface area contributed by atoms with Crippen LogP contribution in [0, 0.1) is 5.41 Å². The van der Waals surface area contributed by atoms with Crippen molar-refractivity contribution in [2.24, 2.45) is 23.2 Å². The lowest BCUT2D eigenvalue weighted by molar-refractivity contribution is 0.0973. The third-order valence-electron chi connectivity index (χ3n) is 6.95. The minimum Gasteiger partial charge on any atom is -0.480 e. The molecule has 0 radical (unpaired) electrons. The fraction of sp³-hybridized carbons (Fsp3) is 0.545. The molecule has 0 unspecified atom stereocenters. The first-order valence-electron chi connectivity index (χ1n) is 10.9. The van der Waals surface area contributed by atoms with Gasteiger partial charge in [0.15, 0.2) is 5.65 Å². The number of anilines is 1. The highest BCUT2D eigenvalue weighted by atomic mass is 35.5. The Balaban J connectivity index is 1.71. The molecule has 2 aromatic heterocycles. The van der Waals surface area contributed by atoms with Crippen LogP contribution in [0.2, 0.25) is 0 Å². The van der Waals surface area contributed by atoms with Gasteiger partial charge in [0.2, 0.25) is 11.8 Å². The smallest absolute Gasteiger partial charge is 0.266 e. The first kappa shape index (κ1) is 23.5. The van der Waals surface area contributed by atoms with Crippen LogP contribution in [0.3, 0.4) is 0 Å². The molecule has 10 nitrogen and oxygen atoms in total. The van der Waals surface area contributed by atoms with Gasteiger partial charge in [-0.3, -0.25) is 19.5 Å². The lowest BCUT2D eigenvalue weighted by atomic mass is 9.73. The van der Waals surface area contributed by atoms with E-state index in [0.29, 0.717) is 34.9 Å². The van der Waals surface area contributed by atoms with Crippen molar-refractivity contribution in [1.29, 1.82) is 0 Å². The Labute approximate surface area is 197 Å². The molecule has 178 valence electrons. The highest BCUT2D eigenvalue weighted by molar-refractivity contribution is 6.45. The molecule has 4 heterocycles. The van der Waals surface area contributed by atoms with Gasteiger partial charge < -0.3 is 20.1 Å². The summed E-state index contributed by atoms with van der Waals surface area (Å²) in [6.45, 7) is 8.01. The summed E-state index contributed by atoms with van der Waals surface area (Å²) < 4.78 is 12.6. The molecule has 11 heteroatoms. The summed E-state index contributed by atoms with van der Waals surface area (Å²) in [4.78, 5) is 24.3.